The Morgan fingerprint density at radius 3 is 2.11 bits per heavy atom. The zero-order chi connectivity index (χ0) is 13.8. The molecule has 18 heavy (non-hydrogen) atoms. The summed E-state index contributed by atoms with van der Waals surface area (Å²) in [7, 11) is 3.51. The number of nitrogens with zero attached hydrogens (tertiary/aromatic N) is 2. The average Bonchev–Trinajstić information content (AvgIpc) is 2.29. The normalized spacial score (nSPS) is 14.1. The van der Waals surface area contributed by atoms with E-state index in [4.69, 9.17) is 0 Å². The molecule has 0 fully saturated rings. The lowest BCUT2D eigenvalue weighted by molar-refractivity contribution is 0.298. The lowest BCUT2D eigenvalue weighted by Gasteiger charge is -2.25. The highest BCUT2D eigenvalue weighted by atomic mass is 32.2. The van der Waals surface area contributed by atoms with E-state index in [0.717, 1.165) is 5.56 Å². The monoisotopic (exact) mass is 271 g/mol. The maximum Gasteiger partial charge on any atom is 0.278 e. The number of likely N-dealkylation sites (N-methyl/N-ethyl adjacent to an activating group) is 1. The molecule has 0 saturated carbocycles. The van der Waals surface area contributed by atoms with E-state index in [-0.39, 0.29) is 6.04 Å². The summed E-state index contributed by atoms with van der Waals surface area (Å²) in [6.07, 6.45) is 0. The van der Waals surface area contributed by atoms with Crippen LogP contribution in [0.2, 0.25) is 0 Å². The molecule has 102 valence electrons. The van der Waals surface area contributed by atoms with Gasteiger partial charge in [0.05, 0.1) is 0 Å². The smallest absolute Gasteiger partial charge is 0.278 e. The Bertz CT molecular complexity index is 457. The standard InChI is InChI=1S/C12H21N3O2S/c1-14(2)12(11-8-6-5-7-9-11)10-13-18(16,17)15(3)4/h5-9,12-13H,10H2,1-4H3. The molecule has 0 aliphatic carbocycles. The van der Waals surface area contributed by atoms with Gasteiger partial charge in [0.1, 0.15) is 0 Å². The molecule has 1 unspecified atom stereocenters. The molecule has 0 amide bonds. The summed E-state index contributed by atoms with van der Waals surface area (Å²) in [5.74, 6) is 0. The van der Waals surface area contributed by atoms with Crippen LogP contribution in [-0.4, -0.2) is 52.4 Å². The van der Waals surface area contributed by atoms with Crippen molar-refractivity contribution in [3.05, 3.63) is 35.9 Å². The van der Waals surface area contributed by atoms with Crippen molar-refractivity contribution in [3.8, 4) is 0 Å². The first-order valence-corrected chi connectivity index (χ1v) is 7.17. The van der Waals surface area contributed by atoms with Crippen molar-refractivity contribution in [3.63, 3.8) is 0 Å². The largest absolute Gasteiger partial charge is 0.301 e. The summed E-state index contributed by atoms with van der Waals surface area (Å²) in [5.41, 5.74) is 1.09. The number of benzene rings is 1. The second-order valence-corrected chi connectivity index (χ2v) is 6.50. The van der Waals surface area contributed by atoms with E-state index in [9.17, 15) is 8.42 Å². The summed E-state index contributed by atoms with van der Waals surface area (Å²) < 4.78 is 27.1. The molecule has 1 rings (SSSR count). The van der Waals surface area contributed by atoms with Gasteiger partial charge in [0.2, 0.25) is 0 Å². The van der Waals surface area contributed by atoms with Gasteiger partial charge in [-0.05, 0) is 19.7 Å². The summed E-state index contributed by atoms with van der Waals surface area (Å²) >= 11 is 0. The van der Waals surface area contributed by atoms with Crippen LogP contribution in [0.15, 0.2) is 30.3 Å². The van der Waals surface area contributed by atoms with Crippen LogP contribution >= 0.6 is 0 Å². The van der Waals surface area contributed by atoms with Crippen molar-refractivity contribution in [2.24, 2.45) is 0 Å². The lowest BCUT2D eigenvalue weighted by Crippen LogP contribution is -2.40. The Morgan fingerprint density at radius 2 is 1.67 bits per heavy atom. The van der Waals surface area contributed by atoms with Crippen molar-refractivity contribution >= 4 is 10.2 Å². The topological polar surface area (TPSA) is 52.7 Å². The highest BCUT2D eigenvalue weighted by Gasteiger charge is 2.19. The van der Waals surface area contributed by atoms with Gasteiger partial charge in [0.25, 0.3) is 10.2 Å². The summed E-state index contributed by atoms with van der Waals surface area (Å²) in [5, 5.41) is 0. The lowest BCUT2D eigenvalue weighted by atomic mass is 10.1. The number of rotatable bonds is 6. The van der Waals surface area contributed by atoms with E-state index in [2.05, 4.69) is 4.72 Å². The van der Waals surface area contributed by atoms with Crippen LogP contribution in [0.1, 0.15) is 11.6 Å². The SMILES string of the molecule is CN(C)C(CNS(=O)(=O)N(C)C)c1ccccc1. The molecule has 0 bridgehead atoms. The third-order valence-corrected chi connectivity index (χ3v) is 4.24. The quantitative estimate of drug-likeness (QED) is 0.828. The molecule has 0 aliphatic heterocycles. The van der Waals surface area contributed by atoms with E-state index in [1.807, 2.05) is 49.3 Å². The zero-order valence-corrected chi connectivity index (χ0v) is 12.1. The molecule has 0 aliphatic rings. The number of hydrogen-bond acceptors (Lipinski definition) is 3. The van der Waals surface area contributed by atoms with Crippen LogP contribution in [0, 0.1) is 0 Å². The molecule has 1 N–H and O–H groups in total. The Balaban J connectivity index is 2.78. The minimum absolute atomic E-state index is 0.0147. The van der Waals surface area contributed by atoms with Gasteiger partial charge in [-0.15, -0.1) is 0 Å². The molecule has 0 spiro atoms. The number of hydrogen-bond donors (Lipinski definition) is 1. The van der Waals surface area contributed by atoms with E-state index < -0.39 is 10.2 Å². The summed E-state index contributed by atoms with van der Waals surface area (Å²) in [4.78, 5) is 1.99. The van der Waals surface area contributed by atoms with Gasteiger partial charge in [-0.3, -0.25) is 0 Å². The number of nitrogens with one attached hydrogen (secondary N) is 1. The first-order valence-electron chi connectivity index (χ1n) is 5.73. The van der Waals surface area contributed by atoms with Crippen molar-refractivity contribution in [1.29, 1.82) is 0 Å². The predicted molar refractivity (Wildman–Crippen MR) is 73.5 cm³/mol. The van der Waals surface area contributed by atoms with E-state index in [0.29, 0.717) is 6.54 Å². The molecule has 1 aromatic carbocycles. The highest BCUT2D eigenvalue weighted by molar-refractivity contribution is 7.87. The second kappa shape index (κ2) is 6.29. The molecular weight excluding hydrogens is 250 g/mol. The first-order chi connectivity index (χ1) is 8.34. The fraction of sp³-hybridized carbons (Fsp3) is 0.500. The van der Waals surface area contributed by atoms with Crippen molar-refractivity contribution < 1.29 is 8.42 Å². The van der Waals surface area contributed by atoms with Gasteiger partial charge >= 0.3 is 0 Å². The Labute approximate surface area is 110 Å². The average molecular weight is 271 g/mol. The minimum Gasteiger partial charge on any atom is -0.301 e. The van der Waals surface area contributed by atoms with Crippen LogP contribution in [0.4, 0.5) is 0 Å². The van der Waals surface area contributed by atoms with Crippen LogP contribution in [0.3, 0.4) is 0 Å². The third-order valence-electron chi connectivity index (χ3n) is 2.75. The molecule has 0 radical (unpaired) electrons. The summed E-state index contributed by atoms with van der Waals surface area (Å²) in [6, 6.07) is 9.85. The minimum atomic E-state index is -3.38. The Morgan fingerprint density at radius 1 is 1.11 bits per heavy atom. The molecule has 1 atom stereocenters. The predicted octanol–water partition coefficient (Wildman–Crippen LogP) is 0.685. The molecular formula is C12H21N3O2S. The van der Waals surface area contributed by atoms with Gasteiger partial charge in [-0.25, -0.2) is 4.72 Å². The molecule has 0 saturated heterocycles. The van der Waals surface area contributed by atoms with Gasteiger partial charge in [-0.1, -0.05) is 30.3 Å². The third kappa shape index (κ3) is 4.06. The van der Waals surface area contributed by atoms with Crippen molar-refractivity contribution in [2.75, 3.05) is 34.7 Å². The second-order valence-electron chi connectivity index (χ2n) is 4.53. The van der Waals surface area contributed by atoms with Gasteiger partial charge in [0.15, 0.2) is 0 Å². The van der Waals surface area contributed by atoms with Crippen LogP contribution in [0.5, 0.6) is 0 Å². The van der Waals surface area contributed by atoms with Crippen LogP contribution < -0.4 is 4.72 Å². The Kier molecular flexibility index (Phi) is 5.28. The summed E-state index contributed by atoms with van der Waals surface area (Å²) in [6.45, 7) is 0.345. The van der Waals surface area contributed by atoms with Gasteiger partial charge in [0, 0.05) is 26.7 Å². The van der Waals surface area contributed by atoms with Crippen LogP contribution in [0.25, 0.3) is 0 Å². The zero-order valence-electron chi connectivity index (χ0n) is 11.3. The van der Waals surface area contributed by atoms with E-state index in [1.165, 1.54) is 18.4 Å². The fourth-order valence-electron chi connectivity index (χ4n) is 1.59. The maximum atomic E-state index is 11.7. The van der Waals surface area contributed by atoms with E-state index >= 15 is 0 Å². The highest BCUT2D eigenvalue weighted by Crippen LogP contribution is 2.16. The fourth-order valence-corrected chi connectivity index (χ4v) is 2.21. The molecule has 0 heterocycles. The Hall–Kier alpha value is -0.950. The molecule has 0 aromatic heterocycles. The van der Waals surface area contributed by atoms with Crippen molar-refractivity contribution in [1.82, 2.24) is 13.9 Å². The van der Waals surface area contributed by atoms with E-state index in [1.54, 1.807) is 0 Å². The molecule has 6 heteroatoms. The maximum absolute atomic E-state index is 11.7. The molecule has 5 nitrogen and oxygen atoms in total. The molecule has 1 aromatic rings. The first kappa shape index (κ1) is 15.1. The van der Waals surface area contributed by atoms with Gasteiger partial charge < -0.3 is 4.90 Å². The van der Waals surface area contributed by atoms with Crippen LogP contribution in [-0.2, 0) is 10.2 Å². The van der Waals surface area contributed by atoms with Gasteiger partial charge in [-0.2, -0.15) is 12.7 Å². The van der Waals surface area contributed by atoms with Crippen molar-refractivity contribution in [2.45, 2.75) is 6.04 Å².